The number of rotatable bonds is 6. The zero-order valence-electron chi connectivity index (χ0n) is 13.2. The average molecular weight is 346 g/mol. The molecule has 0 atom stereocenters. The molecule has 3 N–H and O–H groups in total. The molecule has 0 fully saturated rings. The summed E-state index contributed by atoms with van der Waals surface area (Å²) in [6, 6.07) is 12.8. The first-order chi connectivity index (χ1) is 11.3. The fourth-order valence-electron chi connectivity index (χ4n) is 2.08. The third-order valence-corrected chi connectivity index (χ3v) is 4.40. The number of primary sulfonamides is 1. The van der Waals surface area contributed by atoms with Crippen LogP contribution in [0.3, 0.4) is 0 Å². The fourth-order valence-corrected chi connectivity index (χ4v) is 2.60. The third kappa shape index (κ3) is 4.74. The number of aryl methyl sites for hydroxylation is 1. The number of carbonyl (C=O) groups is 2. The normalized spacial score (nSPS) is 11.1. The average Bonchev–Trinajstić information content (AvgIpc) is 2.54. The Labute approximate surface area is 140 Å². The van der Waals surface area contributed by atoms with Crippen molar-refractivity contribution < 1.29 is 18.0 Å². The zero-order chi connectivity index (χ0) is 17.7. The van der Waals surface area contributed by atoms with E-state index in [2.05, 4.69) is 5.32 Å². The van der Waals surface area contributed by atoms with Gasteiger partial charge in [0.15, 0.2) is 0 Å². The maximum absolute atomic E-state index is 12.0. The molecule has 24 heavy (non-hydrogen) atoms. The molecule has 2 rings (SSSR count). The van der Waals surface area contributed by atoms with Crippen LogP contribution in [0.1, 0.15) is 21.5 Å². The summed E-state index contributed by atoms with van der Waals surface area (Å²) in [6.45, 7) is 2.17. The van der Waals surface area contributed by atoms with E-state index >= 15 is 0 Å². The Kier molecular flexibility index (Phi) is 5.48. The topological polar surface area (TPSA) is 106 Å². The van der Waals surface area contributed by atoms with Gasteiger partial charge in [-0.05, 0) is 31.0 Å². The molecule has 0 saturated heterocycles. The molecule has 7 heteroatoms. The highest BCUT2D eigenvalue weighted by atomic mass is 32.2. The molecular weight excluding hydrogens is 328 g/mol. The molecule has 0 spiro atoms. The number of benzene rings is 2. The molecule has 2 aromatic rings. The minimum Gasteiger partial charge on any atom is -0.349 e. The van der Waals surface area contributed by atoms with Gasteiger partial charge in [0.1, 0.15) is 0 Å². The molecule has 0 unspecified atom stereocenters. The lowest BCUT2D eigenvalue weighted by molar-refractivity contribution is -0.116. The standard InChI is InChI=1S/C17H18N2O4S/c1-12-2-6-14(7-3-12)16(20)17(21)19-11-10-13-4-8-15(9-5-13)24(18,22)23/h2-9H,10-11H2,1H3,(H,19,21)(H2,18,22,23). The van der Waals surface area contributed by atoms with E-state index in [1.165, 1.54) is 12.1 Å². The number of nitrogens with one attached hydrogen (secondary N) is 1. The van der Waals surface area contributed by atoms with E-state index in [1.807, 2.05) is 6.92 Å². The van der Waals surface area contributed by atoms with Gasteiger partial charge in [-0.1, -0.05) is 42.0 Å². The van der Waals surface area contributed by atoms with E-state index < -0.39 is 21.7 Å². The van der Waals surface area contributed by atoms with E-state index in [4.69, 9.17) is 5.14 Å². The molecule has 0 aliphatic rings. The van der Waals surface area contributed by atoms with Crippen molar-refractivity contribution in [1.82, 2.24) is 5.32 Å². The molecule has 6 nitrogen and oxygen atoms in total. The number of nitrogens with two attached hydrogens (primary N) is 1. The number of Topliss-reactive ketones (excluding diaryl/α,β-unsaturated/α-hetero) is 1. The molecule has 0 bridgehead atoms. The lowest BCUT2D eigenvalue weighted by Gasteiger charge is -2.06. The molecule has 0 radical (unpaired) electrons. The number of hydrogen-bond donors (Lipinski definition) is 2. The highest BCUT2D eigenvalue weighted by Crippen LogP contribution is 2.09. The third-order valence-electron chi connectivity index (χ3n) is 3.47. The van der Waals surface area contributed by atoms with Crippen LogP contribution < -0.4 is 10.5 Å². The van der Waals surface area contributed by atoms with Crippen LogP contribution in [0, 0.1) is 6.92 Å². The van der Waals surface area contributed by atoms with Crippen LogP contribution in [0.4, 0.5) is 0 Å². The van der Waals surface area contributed by atoms with Crippen molar-refractivity contribution in [2.45, 2.75) is 18.2 Å². The van der Waals surface area contributed by atoms with E-state index in [9.17, 15) is 18.0 Å². The van der Waals surface area contributed by atoms with Gasteiger partial charge in [0.2, 0.25) is 15.8 Å². The van der Waals surface area contributed by atoms with Gasteiger partial charge >= 0.3 is 0 Å². The monoisotopic (exact) mass is 346 g/mol. The van der Waals surface area contributed by atoms with Crippen molar-refractivity contribution in [2.75, 3.05) is 6.54 Å². The smallest absolute Gasteiger partial charge is 0.292 e. The lowest BCUT2D eigenvalue weighted by atomic mass is 10.1. The molecule has 2 aromatic carbocycles. The predicted octanol–water partition coefficient (Wildman–Crippen LogP) is 1.18. The summed E-state index contributed by atoms with van der Waals surface area (Å²) in [5.41, 5.74) is 2.18. The van der Waals surface area contributed by atoms with Gasteiger partial charge < -0.3 is 5.32 Å². The van der Waals surface area contributed by atoms with Crippen LogP contribution in [0.15, 0.2) is 53.4 Å². The number of sulfonamides is 1. The van der Waals surface area contributed by atoms with Crippen LogP contribution in [0.5, 0.6) is 0 Å². The van der Waals surface area contributed by atoms with Gasteiger partial charge in [0.25, 0.3) is 5.91 Å². The van der Waals surface area contributed by atoms with Crippen molar-refractivity contribution in [3.63, 3.8) is 0 Å². The number of hydrogen-bond acceptors (Lipinski definition) is 4. The van der Waals surface area contributed by atoms with Crippen molar-refractivity contribution in [1.29, 1.82) is 0 Å². The van der Waals surface area contributed by atoms with Crippen LogP contribution >= 0.6 is 0 Å². The fraction of sp³-hybridized carbons (Fsp3) is 0.176. The number of carbonyl (C=O) groups excluding carboxylic acids is 2. The van der Waals surface area contributed by atoms with Crippen molar-refractivity contribution in [3.05, 3.63) is 65.2 Å². The summed E-state index contributed by atoms with van der Waals surface area (Å²) in [4.78, 5) is 23.8. The Morgan fingerprint density at radius 2 is 1.58 bits per heavy atom. The van der Waals surface area contributed by atoms with Crippen LogP contribution in [-0.4, -0.2) is 26.7 Å². The highest BCUT2D eigenvalue weighted by molar-refractivity contribution is 7.89. The van der Waals surface area contributed by atoms with E-state index in [0.717, 1.165) is 11.1 Å². The van der Waals surface area contributed by atoms with Gasteiger partial charge in [-0.25, -0.2) is 13.6 Å². The maximum atomic E-state index is 12.0. The van der Waals surface area contributed by atoms with Crippen LogP contribution in [0.25, 0.3) is 0 Å². The summed E-state index contributed by atoms with van der Waals surface area (Å²) in [6.07, 6.45) is 0.470. The molecule has 0 heterocycles. The minimum atomic E-state index is -3.71. The molecule has 1 amide bonds. The molecule has 126 valence electrons. The molecule has 0 aliphatic carbocycles. The Hall–Kier alpha value is -2.51. The van der Waals surface area contributed by atoms with Gasteiger partial charge in [0, 0.05) is 12.1 Å². The zero-order valence-corrected chi connectivity index (χ0v) is 14.0. The molecule has 0 aromatic heterocycles. The van der Waals surface area contributed by atoms with Gasteiger partial charge in [0.05, 0.1) is 4.90 Å². The van der Waals surface area contributed by atoms with E-state index in [0.29, 0.717) is 12.0 Å². The Morgan fingerprint density at radius 1 is 1.00 bits per heavy atom. The summed E-state index contributed by atoms with van der Waals surface area (Å²) in [5, 5.41) is 7.58. The second-order valence-corrected chi connectivity index (χ2v) is 6.95. The first-order valence-electron chi connectivity index (χ1n) is 7.28. The van der Waals surface area contributed by atoms with Gasteiger partial charge in [-0.15, -0.1) is 0 Å². The number of amides is 1. The van der Waals surface area contributed by atoms with Gasteiger partial charge in [-0.2, -0.15) is 0 Å². The molecule has 0 aliphatic heterocycles. The second-order valence-electron chi connectivity index (χ2n) is 5.39. The SMILES string of the molecule is Cc1ccc(C(=O)C(=O)NCCc2ccc(S(N)(=O)=O)cc2)cc1. The Balaban J connectivity index is 1.88. The predicted molar refractivity (Wildman–Crippen MR) is 90.0 cm³/mol. The molecule has 0 saturated carbocycles. The summed E-state index contributed by atoms with van der Waals surface area (Å²) >= 11 is 0. The maximum Gasteiger partial charge on any atom is 0.292 e. The summed E-state index contributed by atoms with van der Waals surface area (Å²) in [5.74, 6) is -1.25. The largest absolute Gasteiger partial charge is 0.349 e. The minimum absolute atomic E-state index is 0.0323. The van der Waals surface area contributed by atoms with E-state index in [-0.39, 0.29) is 11.4 Å². The first kappa shape index (κ1) is 17.8. The quantitative estimate of drug-likeness (QED) is 0.605. The van der Waals surface area contributed by atoms with E-state index in [1.54, 1.807) is 36.4 Å². The van der Waals surface area contributed by atoms with Gasteiger partial charge in [-0.3, -0.25) is 9.59 Å². The molecular formula is C17H18N2O4S. The lowest BCUT2D eigenvalue weighted by Crippen LogP contribution is -2.32. The second kappa shape index (κ2) is 7.37. The summed E-state index contributed by atoms with van der Waals surface area (Å²) in [7, 11) is -3.71. The van der Waals surface area contributed by atoms with Crippen LogP contribution in [-0.2, 0) is 21.2 Å². The van der Waals surface area contributed by atoms with Crippen molar-refractivity contribution in [3.8, 4) is 0 Å². The Bertz CT molecular complexity index is 841. The first-order valence-corrected chi connectivity index (χ1v) is 8.83. The van der Waals surface area contributed by atoms with Crippen molar-refractivity contribution >= 4 is 21.7 Å². The number of ketones is 1. The summed E-state index contributed by atoms with van der Waals surface area (Å²) < 4.78 is 22.3. The highest BCUT2D eigenvalue weighted by Gasteiger charge is 2.15. The van der Waals surface area contributed by atoms with Crippen molar-refractivity contribution in [2.24, 2.45) is 5.14 Å². The van der Waals surface area contributed by atoms with Crippen LogP contribution in [0.2, 0.25) is 0 Å². The Morgan fingerprint density at radius 3 is 2.12 bits per heavy atom.